The van der Waals surface area contributed by atoms with E-state index in [1.807, 2.05) is 0 Å². The lowest BCUT2D eigenvalue weighted by molar-refractivity contribution is 0.205. The molecule has 0 amide bonds. The second-order valence-corrected chi connectivity index (χ2v) is 2.63. The molecule has 0 rings (SSSR count). The second-order valence-electron chi connectivity index (χ2n) is 2.63. The molecule has 70 valence electrons. The number of rotatable bonds is 6. The van der Waals surface area contributed by atoms with Crippen LogP contribution in [0.3, 0.4) is 0 Å². The van der Waals surface area contributed by atoms with Gasteiger partial charge < -0.3 is 10.3 Å². The molecular formula is C10H13B2NO. The first-order chi connectivity index (χ1) is 6.67. The van der Waals surface area contributed by atoms with Gasteiger partial charge in [0.05, 0.1) is 14.0 Å². The lowest BCUT2D eigenvalue weighted by atomic mass is 9.85. The van der Waals surface area contributed by atoms with Crippen molar-refractivity contribution in [1.29, 1.82) is 0 Å². The predicted molar refractivity (Wildman–Crippen MR) is 62.1 cm³/mol. The summed E-state index contributed by atoms with van der Waals surface area (Å²) in [5.41, 5.74) is 0.591. The van der Waals surface area contributed by atoms with Crippen molar-refractivity contribution in [2.45, 2.75) is 12.0 Å². The van der Waals surface area contributed by atoms with Crippen LogP contribution in [0.1, 0.15) is 0 Å². The summed E-state index contributed by atoms with van der Waals surface area (Å²) in [6.45, 7) is 7.08. The van der Waals surface area contributed by atoms with Crippen LogP contribution in [0.5, 0.6) is 0 Å². The van der Waals surface area contributed by atoms with Gasteiger partial charge in [-0.25, -0.2) is 0 Å². The molecule has 2 unspecified atom stereocenters. The van der Waals surface area contributed by atoms with Gasteiger partial charge >= 0.3 is 0 Å². The van der Waals surface area contributed by atoms with Crippen LogP contribution >= 0.6 is 0 Å². The molecule has 0 heterocycles. The molecule has 4 radical (unpaired) electrons. The molecule has 0 saturated carbocycles. The van der Waals surface area contributed by atoms with Gasteiger partial charge in [0, 0.05) is 0 Å². The number of nitrogens with one attached hydrogen (secondary N) is 1. The minimum Gasteiger partial charge on any atom is -0.388 e. The molecule has 0 aliphatic heterocycles. The van der Waals surface area contributed by atoms with Gasteiger partial charge in [0.2, 0.25) is 0 Å². The smallest absolute Gasteiger partial charge is 0.177 e. The Bertz CT molecular complexity index is 249. The van der Waals surface area contributed by atoms with Crippen LogP contribution in [0.15, 0.2) is 49.1 Å². The maximum Gasteiger partial charge on any atom is 0.177 e. The third-order valence-electron chi connectivity index (χ3n) is 1.65. The predicted octanol–water partition coefficient (Wildman–Crippen LogP) is 0.370. The molecule has 0 aliphatic carbocycles. The molecule has 0 spiro atoms. The quantitative estimate of drug-likeness (QED) is 0.462. The number of hydrogen-bond acceptors (Lipinski definition) is 2. The molecule has 2 N–H and O–H groups in total. The molecule has 0 aromatic carbocycles. The summed E-state index contributed by atoms with van der Waals surface area (Å²) in [5.74, 6) is -0.712. The van der Waals surface area contributed by atoms with Crippen LogP contribution in [-0.2, 0) is 0 Å². The van der Waals surface area contributed by atoms with Gasteiger partial charge in [-0.1, -0.05) is 43.5 Å². The number of aliphatic hydroxyl groups excluding tert-OH is 1. The van der Waals surface area contributed by atoms with E-state index in [0.717, 1.165) is 0 Å². The summed E-state index contributed by atoms with van der Waals surface area (Å²) >= 11 is 0. The van der Waals surface area contributed by atoms with Crippen LogP contribution in [0.2, 0.25) is 0 Å². The maximum absolute atomic E-state index is 9.61. The van der Waals surface area contributed by atoms with E-state index in [-0.39, 0.29) is 0 Å². The summed E-state index contributed by atoms with van der Waals surface area (Å²) < 4.78 is 0. The zero-order valence-electron chi connectivity index (χ0n) is 8.06. The number of allylic oxidation sites excluding steroid dienone is 4. The van der Waals surface area contributed by atoms with Gasteiger partial charge in [-0.15, -0.1) is 0 Å². The van der Waals surface area contributed by atoms with Crippen LogP contribution in [0.4, 0.5) is 0 Å². The SMILES string of the molecule is [B]NC([B])C(O)/C(C=C)=C/C=C\C=C. The highest BCUT2D eigenvalue weighted by Gasteiger charge is 2.13. The van der Waals surface area contributed by atoms with E-state index in [0.29, 0.717) is 5.57 Å². The van der Waals surface area contributed by atoms with E-state index in [4.69, 9.17) is 15.8 Å². The normalized spacial score (nSPS) is 16.5. The highest BCUT2D eigenvalue weighted by Crippen LogP contribution is 2.06. The van der Waals surface area contributed by atoms with E-state index in [1.54, 1.807) is 24.3 Å². The van der Waals surface area contributed by atoms with E-state index in [2.05, 4.69) is 18.4 Å². The monoisotopic (exact) mass is 185 g/mol. The molecule has 0 fully saturated rings. The first-order valence-electron chi connectivity index (χ1n) is 4.18. The van der Waals surface area contributed by atoms with Crippen molar-refractivity contribution in [1.82, 2.24) is 5.23 Å². The Morgan fingerprint density at radius 2 is 2.00 bits per heavy atom. The minimum atomic E-state index is -0.882. The highest BCUT2D eigenvalue weighted by molar-refractivity contribution is 6.17. The number of hydrogen-bond donors (Lipinski definition) is 2. The summed E-state index contributed by atoms with van der Waals surface area (Å²) in [6.07, 6.45) is 7.43. The van der Waals surface area contributed by atoms with Gasteiger partial charge in [0.1, 0.15) is 0 Å². The Morgan fingerprint density at radius 1 is 1.36 bits per heavy atom. The standard InChI is InChI=1S/C10H13B2NO/c1-3-5-6-7-8(4-2)9(14)10(11)13-12/h3-7,9-10,13-14H,1-2H2/b6-5-,8-7+. The molecule has 4 heteroatoms. The van der Waals surface area contributed by atoms with Gasteiger partial charge in [0.15, 0.2) is 7.98 Å². The molecule has 0 saturated heterocycles. The van der Waals surface area contributed by atoms with Crippen LogP contribution in [0, 0.1) is 0 Å². The third kappa shape index (κ3) is 4.30. The van der Waals surface area contributed by atoms with Crippen LogP contribution in [0.25, 0.3) is 0 Å². The van der Waals surface area contributed by atoms with Gasteiger partial charge in [0.25, 0.3) is 0 Å². The lowest BCUT2D eigenvalue weighted by Crippen LogP contribution is -2.39. The van der Waals surface area contributed by atoms with Crippen molar-refractivity contribution in [2.24, 2.45) is 0 Å². The van der Waals surface area contributed by atoms with Gasteiger partial charge in [-0.2, -0.15) is 0 Å². The van der Waals surface area contributed by atoms with E-state index >= 15 is 0 Å². The Balaban J connectivity index is 4.53. The molecule has 0 bridgehead atoms. The van der Waals surface area contributed by atoms with Crippen molar-refractivity contribution >= 4 is 15.8 Å². The van der Waals surface area contributed by atoms with Crippen LogP contribution < -0.4 is 5.23 Å². The van der Waals surface area contributed by atoms with Gasteiger partial charge in [-0.05, 0) is 11.5 Å². The van der Waals surface area contributed by atoms with E-state index in [1.165, 1.54) is 6.08 Å². The minimum absolute atomic E-state index is 0.591. The zero-order valence-corrected chi connectivity index (χ0v) is 8.06. The Morgan fingerprint density at radius 3 is 2.43 bits per heavy atom. The Kier molecular flexibility index (Phi) is 6.89. The fraction of sp³-hybridized carbons (Fsp3) is 0.200. The Labute approximate surface area is 87.9 Å². The lowest BCUT2D eigenvalue weighted by Gasteiger charge is -2.19. The van der Waals surface area contributed by atoms with E-state index in [9.17, 15) is 5.11 Å². The first kappa shape index (κ1) is 13.0. The van der Waals surface area contributed by atoms with Crippen molar-refractivity contribution in [3.63, 3.8) is 0 Å². The molecular weight excluding hydrogens is 172 g/mol. The molecule has 2 atom stereocenters. The van der Waals surface area contributed by atoms with E-state index < -0.39 is 12.0 Å². The second kappa shape index (κ2) is 7.42. The molecule has 14 heavy (non-hydrogen) atoms. The fourth-order valence-electron chi connectivity index (χ4n) is 0.831. The largest absolute Gasteiger partial charge is 0.388 e. The number of aliphatic hydroxyl groups is 1. The molecule has 0 aliphatic rings. The van der Waals surface area contributed by atoms with Crippen molar-refractivity contribution < 1.29 is 5.11 Å². The summed E-state index contributed by atoms with van der Waals surface area (Å²) in [7, 11) is 10.6. The fourth-order valence-corrected chi connectivity index (χ4v) is 0.831. The molecule has 2 nitrogen and oxygen atoms in total. The summed E-state index contributed by atoms with van der Waals surface area (Å²) in [6, 6.07) is 0. The van der Waals surface area contributed by atoms with Crippen molar-refractivity contribution in [3.8, 4) is 0 Å². The summed E-state index contributed by atoms with van der Waals surface area (Å²) in [5, 5.41) is 11.9. The van der Waals surface area contributed by atoms with Gasteiger partial charge in [-0.3, -0.25) is 0 Å². The summed E-state index contributed by atoms with van der Waals surface area (Å²) in [4.78, 5) is 0. The van der Waals surface area contributed by atoms with Crippen LogP contribution in [-0.4, -0.2) is 33.0 Å². The third-order valence-corrected chi connectivity index (χ3v) is 1.65. The molecule has 0 aromatic heterocycles. The molecule has 0 aromatic rings. The Hall–Kier alpha value is -0.990. The van der Waals surface area contributed by atoms with Crippen molar-refractivity contribution in [2.75, 3.05) is 0 Å². The zero-order chi connectivity index (χ0) is 11.0. The maximum atomic E-state index is 9.61. The van der Waals surface area contributed by atoms with Crippen molar-refractivity contribution in [3.05, 3.63) is 49.1 Å². The topological polar surface area (TPSA) is 32.3 Å². The average Bonchev–Trinajstić information content (AvgIpc) is 2.22. The highest BCUT2D eigenvalue weighted by atomic mass is 16.3. The first-order valence-corrected chi connectivity index (χ1v) is 4.18. The average molecular weight is 185 g/mol.